The molecular formula is C25H25Cl2F2N3O6S. The molecule has 1 aliphatic heterocycles. The lowest BCUT2D eigenvalue weighted by atomic mass is 10.1. The third-order valence-corrected chi connectivity index (χ3v) is 8.28. The highest BCUT2D eigenvalue weighted by Gasteiger charge is 2.58. The number of alkyl halides is 2. The number of ether oxygens (including phenoxy) is 1. The van der Waals surface area contributed by atoms with Gasteiger partial charge in [-0.15, -0.1) is 0 Å². The standard InChI is InChI=1S/C25H25Cl2F2N3O6S/c1-24(2,3)38-23(35)30-17-12-39(36,37)19-9-16(27)15(21(33)31-20-10-25(20,28)29)8-18(19)32(22(17)34)11-13-4-6-14(26)7-5-13/h4-9,17,20H,10-12H2,1-3H3,(H,30,35)(H,31,33)/t17-,20+/m0/s1. The van der Waals surface area contributed by atoms with E-state index in [0.717, 1.165) is 17.0 Å². The van der Waals surface area contributed by atoms with Gasteiger partial charge in [0, 0.05) is 11.4 Å². The first kappa shape index (κ1) is 29.0. The quantitative estimate of drug-likeness (QED) is 0.524. The van der Waals surface area contributed by atoms with Crippen LogP contribution >= 0.6 is 23.2 Å². The van der Waals surface area contributed by atoms with Crippen LogP contribution in [0.2, 0.25) is 10.0 Å². The van der Waals surface area contributed by atoms with Crippen molar-refractivity contribution < 1.29 is 36.3 Å². The minimum absolute atomic E-state index is 0.172. The van der Waals surface area contributed by atoms with Crippen molar-refractivity contribution in [1.82, 2.24) is 10.6 Å². The second kappa shape index (κ2) is 10.2. The van der Waals surface area contributed by atoms with E-state index < -0.39 is 63.5 Å². The van der Waals surface area contributed by atoms with Gasteiger partial charge in [0.05, 0.1) is 39.5 Å². The number of fused-ring (bicyclic) bond motifs is 1. The van der Waals surface area contributed by atoms with Gasteiger partial charge >= 0.3 is 6.09 Å². The van der Waals surface area contributed by atoms with E-state index in [-0.39, 0.29) is 27.7 Å². The maximum absolute atomic E-state index is 13.7. The normalized spacial score (nSPS) is 21.4. The van der Waals surface area contributed by atoms with Crippen LogP contribution in [0.3, 0.4) is 0 Å². The monoisotopic (exact) mass is 603 g/mol. The predicted molar refractivity (Wildman–Crippen MR) is 140 cm³/mol. The molecule has 1 aliphatic carbocycles. The maximum Gasteiger partial charge on any atom is 0.408 e. The summed E-state index contributed by atoms with van der Waals surface area (Å²) in [7, 11) is -4.27. The fourth-order valence-corrected chi connectivity index (χ4v) is 6.03. The second-order valence-electron chi connectivity index (χ2n) is 10.3. The summed E-state index contributed by atoms with van der Waals surface area (Å²) >= 11 is 12.2. The molecule has 210 valence electrons. The third-order valence-electron chi connectivity index (χ3n) is 5.95. The molecule has 2 N–H and O–H groups in total. The summed E-state index contributed by atoms with van der Waals surface area (Å²) in [5, 5.41) is 4.61. The van der Waals surface area contributed by atoms with E-state index in [1.807, 2.05) is 0 Å². The first-order valence-corrected chi connectivity index (χ1v) is 14.2. The zero-order valence-electron chi connectivity index (χ0n) is 21.1. The Morgan fingerprint density at radius 1 is 1.13 bits per heavy atom. The average Bonchev–Trinajstić information content (AvgIpc) is 3.42. The van der Waals surface area contributed by atoms with Gasteiger partial charge in [-0.3, -0.25) is 9.59 Å². The van der Waals surface area contributed by atoms with Crippen LogP contribution in [0.15, 0.2) is 41.3 Å². The van der Waals surface area contributed by atoms with E-state index in [2.05, 4.69) is 10.6 Å². The van der Waals surface area contributed by atoms with Crippen LogP contribution in [0.5, 0.6) is 0 Å². The number of nitrogens with zero attached hydrogens (tertiary/aromatic N) is 1. The minimum Gasteiger partial charge on any atom is -0.444 e. The molecule has 1 heterocycles. The number of halogens is 4. The van der Waals surface area contributed by atoms with Crippen LogP contribution in [-0.4, -0.2) is 55.7 Å². The topological polar surface area (TPSA) is 122 Å². The summed E-state index contributed by atoms with van der Waals surface area (Å²) in [6.45, 7) is 4.64. The van der Waals surface area contributed by atoms with Gasteiger partial charge < -0.3 is 20.3 Å². The number of anilines is 1. The highest BCUT2D eigenvalue weighted by Crippen LogP contribution is 2.42. The molecule has 4 rings (SSSR count). The van der Waals surface area contributed by atoms with E-state index in [4.69, 9.17) is 27.9 Å². The zero-order chi connectivity index (χ0) is 28.9. The number of rotatable bonds is 5. The molecule has 1 fully saturated rings. The molecule has 1 saturated carbocycles. The Hall–Kier alpha value is -2.96. The van der Waals surface area contributed by atoms with Crippen LogP contribution in [0, 0.1) is 0 Å². The van der Waals surface area contributed by atoms with Gasteiger partial charge in [0.1, 0.15) is 11.6 Å². The average molecular weight is 604 g/mol. The Bertz CT molecular complexity index is 1440. The molecular weight excluding hydrogens is 579 g/mol. The SMILES string of the molecule is CC(C)(C)OC(=O)N[C@H]1CS(=O)(=O)c2cc(Cl)c(C(=O)N[C@@H]3CC3(F)F)cc2N(Cc2ccc(Cl)cc2)C1=O. The predicted octanol–water partition coefficient (Wildman–Crippen LogP) is 4.34. The number of alkyl carbamates (subject to hydrolysis) is 1. The van der Waals surface area contributed by atoms with Crippen molar-refractivity contribution in [2.45, 2.75) is 62.2 Å². The van der Waals surface area contributed by atoms with E-state index >= 15 is 0 Å². The molecule has 0 spiro atoms. The summed E-state index contributed by atoms with van der Waals surface area (Å²) in [5.74, 6) is -5.62. The molecule has 0 radical (unpaired) electrons. The number of nitrogens with one attached hydrogen (secondary N) is 2. The fraction of sp³-hybridized carbons (Fsp3) is 0.400. The maximum atomic E-state index is 13.7. The number of carbonyl (C=O) groups is 3. The van der Waals surface area contributed by atoms with Gasteiger partial charge in [-0.05, 0) is 50.6 Å². The van der Waals surface area contributed by atoms with Gasteiger partial charge in [-0.2, -0.15) is 0 Å². The third kappa shape index (κ3) is 6.62. The Morgan fingerprint density at radius 2 is 1.74 bits per heavy atom. The van der Waals surface area contributed by atoms with E-state index in [1.54, 1.807) is 45.0 Å². The number of benzene rings is 2. The molecule has 9 nitrogen and oxygen atoms in total. The highest BCUT2D eigenvalue weighted by molar-refractivity contribution is 7.91. The Morgan fingerprint density at radius 3 is 2.31 bits per heavy atom. The van der Waals surface area contributed by atoms with E-state index in [1.165, 1.54) is 0 Å². The molecule has 0 saturated heterocycles. The first-order chi connectivity index (χ1) is 18.0. The van der Waals surface area contributed by atoms with Crippen molar-refractivity contribution in [2.24, 2.45) is 0 Å². The summed E-state index contributed by atoms with van der Waals surface area (Å²) in [6.07, 6.45) is -1.54. The van der Waals surface area contributed by atoms with Crippen LogP contribution in [0.25, 0.3) is 0 Å². The molecule has 0 aromatic heterocycles. The lowest BCUT2D eigenvalue weighted by Crippen LogP contribution is -2.51. The molecule has 2 atom stereocenters. The number of hydrogen-bond acceptors (Lipinski definition) is 6. The van der Waals surface area contributed by atoms with Gasteiger partial charge in [0.2, 0.25) is 0 Å². The van der Waals surface area contributed by atoms with E-state index in [0.29, 0.717) is 10.6 Å². The molecule has 3 amide bonds. The van der Waals surface area contributed by atoms with Crippen LogP contribution in [0.4, 0.5) is 19.3 Å². The van der Waals surface area contributed by atoms with Crippen molar-refractivity contribution in [1.29, 1.82) is 0 Å². The summed E-state index contributed by atoms with van der Waals surface area (Å²) in [6, 6.07) is 5.53. The van der Waals surface area contributed by atoms with Gasteiger partial charge in [-0.1, -0.05) is 35.3 Å². The van der Waals surface area contributed by atoms with Crippen LogP contribution in [-0.2, 0) is 25.9 Å². The number of amides is 3. The second-order valence-corrected chi connectivity index (χ2v) is 13.2. The summed E-state index contributed by atoms with van der Waals surface area (Å²) in [5.41, 5.74) is -0.856. The number of sulfone groups is 1. The molecule has 39 heavy (non-hydrogen) atoms. The zero-order valence-corrected chi connectivity index (χ0v) is 23.4. The fourth-order valence-electron chi connectivity index (χ4n) is 3.96. The molecule has 14 heteroatoms. The van der Waals surface area contributed by atoms with Gasteiger partial charge in [0.25, 0.3) is 17.7 Å². The number of carbonyl (C=O) groups excluding carboxylic acids is 3. The molecule has 2 aromatic rings. The lowest BCUT2D eigenvalue weighted by Gasteiger charge is -2.27. The minimum atomic E-state index is -4.27. The van der Waals surface area contributed by atoms with Gasteiger partial charge in [0.15, 0.2) is 9.84 Å². The molecule has 0 bridgehead atoms. The highest BCUT2D eigenvalue weighted by atomic mass is 35.5. The van der Waals surface area contributed by atoms with Crippen molar-refractivity contribution in [3.63, 3.8) is 0 Å². The van der Waals surface area contributed by atoms with E-state index in [9.17, 15) is 31.6 Å². The van der Waals surface area contributed by atoms with Crippen molar-refractivity contribution in [3.8, 4) is 0 Å². The van der Waals surface area contributed by atoms with Gasteiger partial charge in [-0.25, -0.2) is 22.0 Å². The smallest absolute Gasteiger partial charge is 0.408 e. The number of hydrogen-bond donors (Lipinski definition) is 2. The van der Waals surface area contributed by atoms with Crippen LogP contribution < -0.4 is 15.5 Å². The lowest BCUT2D eigenvalue weighted by molar-refractivity contribution is -0.120. The van der Waals surface area contributed by atoms with Crippen molar-refractivity contribution in [3.05, 3.63) is 57.6 Å². The largest absolute Gasteiger partial charge is 0.444 e. The summed E-state index contributed by atoms with van der Waals surface area (Å²) < 4.78 is 58.8. The molecule has 2 aliphatic rings. The molecule has 0 unspecified atom stereocenters. The Labute approximate surface area is 233 Å². The first-order valence-electron chi connectivity index (χ1n) is 11.8. The Balaban J connectivity index is 1.78. The Kier molecular flexibility index (Phi) is 7.61. The molecule has 2 aromatic carbocycles. The van der Waals surface area contributed by atoms with Crippen LogP contribution in [0.1, 0.15) is 43.1 Å². The summed E-state index contributed by atoms with van der Waals surface area (Å²) in [4.78, 5) is 39.7. The van der Waals surface area contributed by atoms with Crippen molar-refractivity contribution >= 4 is 56.6 Å². The van der Waals surface area contributed by atoms with Crippen molar-refractivity contribution in [2.75, 3.05) is 10.7 Å².